The molecule has 7 heteroatoms. The van der Waals surface area contributed by atoms with Gasteiger partial charge < -0.3 is 23.4 Å². The van der Waals surface area contributed by atoms with Gasteiger partial charge in [0.05, 0.1) is 52.4 Å². The second-order valence-electron chi connectivity index (χ2n) is 9.92. The van der Waals surface area contributed by atoms with Gasteiger partial charge in [-0.15, -0.1) is 0 Å². The van der Waals surface area contributed by atoms with E-state index in [1.807, 2.05) is 25.2 Å². The van der Waals surface area contributed by atoms with Gasteiger partial charge in [0.2, 0.25) is 0 Å². The van der Waals surface area contributed by atoms with Crippen molar-refractivity contribution in [3.05, 3.63) is 34.9 Å². The average molecular weight is 497 g/mol. The number of quaternary nitrogens is 2. The van der Waals surface area contributed by atoms with Gasteiger partial charge in [-0.05, 0) is 105 Å². The molecule has 1 aromatic carbocycles. The molecule has 0 aromatic heterocycles. The van der Waals surface area contributed by atoms with Crippen LogP contribution in [0.5, 0.6) is 0 Å². The Bertz CT molecular complexity index is 594. The van der Waals surface area contributed by atoms with Crippen LogP contribution in [0.1, 0.15) is 72.1 Å². The lowest BCUT2D eigenvalue weighted by molar-refractivity contribution is -0.921. The SMILES string of the molecule is CC[N+](CC)(CC)CC.CC[N+](CC)(CC)CC.Cc1cccc(C[Si](C)(C)OB([O-])[O-])c1C. The van der Waals surface area contributed by atoms with E-state index in [0.29, 0.717) is 6.04 Å². The van der Waals surface area contributed by atoms with Crippen LogP contribution in [0.2, 0.25) is 13.1 Å². The summed E-state index contributed by atoms with van der Waals surface area (Å²) in [7, 11) is -4.35. The molecule has 0 fully saturated rings. The van der Waals surface area contributed by atoms with Crippen molar-refractivity contribution in [2.75, 3.05) is 52.4 Å². The predicted octanol–water partition coefficient (Wildman–Crippen LogP) is 4.08. The lowest BCUT2D eigenvalue weighted by Crippen LogP contribution is -2.55. The molecule has 0 aliphatic carbocycles. The van der Waals surface area contributed by atoms with Crippen LogP contribution in [-0.4, -0.2) is 77.0 Å². The van der Waals surface area contributed by atoms with Gasteiger partial charge >= 0.3 is 0 Å². The van der Waals surface area contributed by atoms with Crippen LogP contribution in [-0.2, 0) is 10.4 Å². The molecular formula is C27H57BN2O3Si. The molecular weight excluding hydrogens is 439 g/mol. The van der Waals surface area contributed by atoms with Crippen molar-refractivity contribution in [3.8, 4) is 0 Å². The Labute approximate surface area is 214 Å². The Morgan fingerprint density at radius 3 is 1.32 bits per heavy atom. The molecule has 0 radical (unpaired) electrons. The van der Waals surface area contributed by atoms with E-state index in [9.17, 15) is 10.0 Å². The quantitative estimate of drug-likeness (QED) is 0.324. The summed E-state index contributed by atoms with van der Waals surface area (Å²) in [6, 6.07) is 6.79. The predicted molar refractivity (Wildman–Crippen MR) is 149 cm³/mol. The third-order valence-corrected chi connectivity index (χ3v) is 10.2. The topological polar surface area (TPSA) is 55.3 Å². The number of rotatable bonds is 12. The highest BCUT2D eigenvalue weighted by Gasteiger charge is 2.22. The van der Waals surface area contributed by atoms with E-state index in [1.165, 1.54) is 78.0 Å². The molecule has 0 amide bonds. The van der Waals surface area contributed by atoms with E-state index >= 15 is 0 Å². The first-order valence-corrected chi connectivity index (χ1v) is 16.7. The van der Waals surface area contributed by atoms with E-state index in [0.717, 1.165) is 0 Å². The molecule has 0 saturated heterocycles. The maximum absolute atomic E-state index is 10.5. The Hall–Kier alpha value is -0.698. The summed E-state index contributed by atoms with van der Waals surface area (Å²) >= 11 is 0. The van der Waals surface area contributed by atoms with Gasteiger partial charge in [0.25, 0.3) is 0 Å². The molecule has 0 aliphatic rings. The lowest BCUT2D eigenvalue weighted by atomic mass is 10.1. The Morgan fingerprint density at radius 1 is 0.706 bits per heavy atom. The fourth-order valence-electron chi connectivity index (χ4n) is 4.45. The minimum atomic E-state index is -2.19. The van der Waals surface area contributed by atoms with Crippen molar-refractivity contribution in [2.45, 2.75) is 88.4 Å². The third kappa shape index (κ3) is 12.8. The van der Waals surface area contributed by atoms with E-state index in [4.69, 9.17) is 4.34 Å². The summed E-state index contributed by atoms with van der Waals surface area (Å²) in [4.78, 5) is 0. The maximum atomic E-state index is 10.5. The zero-order valence-electron chi connectivity index (χ0n) is 24.8. The molecule has 0 unspecified atom stereocenters. The first-order chi connectivity index (χ1) is 15.8. The molecule has 0 atom stereocenters. The molecule has 0 spiro atoms. The fraction of sp³-hybridized carbons (Fsp3) is 0.778. The number of aryl methyl sites for hydroxylation is 1. The van der Waals surface area contributed by atoms with E-state index in [2.05, 4.69) is 75.3 Å². The van der Waals surface area contributed by atoms with Crippen molar-refractivity contribution in [2.24, 2.45) is 0 Å². The van der Waals surface area contributed by atoms with Crippen LogP contribution < -0.4 is 10.0 Å². The highest BCUT2D eigenvalue weighted by Crippen LogP contribution is 2.19. The third-order valence-electron chi connectivity index (χ3n) is 8.11. The van der Waals surface area contributed by atoms with Crippen LogP contribution in [0.15, 0.2) is 18.2 Å². The van der Waals surface area contributed by atoms with Crippen LogP contribution in [0.4, 0.5) is 0 Å². The summed E-state index contributed by atoms with van der Waals surface area (Å²) in [5, 5.41) is 21.1. The maximum Gasteiger partial charge on any atom is 0.170 e. The highest BCUT2D eigenvalue weighted by atomic mass is 28.4. The standard InChI is InChI=1S/C11H17BO3Si.2C8H20N/c1-9-6-5-7-11(10(9)2)8-16(3,4)15-12(13)14;2*1-5-9(6-2,7-3)8-4/h5-7H,8H2,1-4H3;2*5-8H2,1-4H3/q-2;2*+1. The van der Waals surface area contributed by atoms with E-state index in [-0.39, 0.29) is 0 Å². The molecule has 0 saturated carbocycles. The molecule has 0 N–H and O–H groups in total. The first kappa shape index (κ1) is 35.5. The van der Waals surface area contributed by atoms with Crippen molar-refractivity contribution >= 4 is 15.6 Å². The monoisotopic (exact) mass is 496 g/mol. The normalized spacial score (nSPS) is 11.8. The van der Waals surface area contributed by atoms with Gasteiger partial charge in [-0.3, -0.25) is 0 Å². The van der Waals surface area contributed by atoms with Gasteiger partial charge in [0, 0.05) is 7.32 Å². The van der Waals surface area contributed by atoms with E-state index in [1.54, 1.807) is 0 Å². The smallest absolute Gasteiger partial charge is 0.170 e. The number of nitrogens with zero attached hydrogens (tertiary/aromatic N) is 2. The molecule has 1 rings (SSSR count). The second kappa shape index (κ2) is 17.7. The second-order valence-corrected chi connectivity index (χ2v) is 14.0. The molecule has 200 valence electrons. The Balaban J connectivity index is 0. The van der Waals surface area contributed by atoms with E-state index < -0.39 is 15.6 Å². The number of hydrogen-bond acceptors (Lipinski definition) is 3. The summed E-state index contributed by atoms with van der Waals surface area (Å²) in [5.41, 5.74) is 3.63. The number of benzene rings is 1. The Kier molecular flexibility index (Phi) is 18.4. The molecule has 1 aromatic rings. The van der Waals surface area contributed by atoms with Crippen molar-refractivity contribution in [3.63, 3.8) is 0 Å². The zero-order chi connectivity index (χ0) is 27.0. The van der Waals surface area contributed by atoms with Crippen LogP contribution in [0, 0.1) is 13.8 Å². The lowest BCUT2D eigenvalue weighted by Gasteiger charge is -2.37. The largest absolute Gasteiger partial charge is 0.872 e. The molecule has 0 bridgehead atoms. The van der Waals surface area contributed by atoms with Crippen LogP contribution >= 0.6 is 0 Å². The highest BCUT2D eigenvalue weighted by molar-refractivity contribution is 6.74. The van der Waals surface area contributed by atoms with Crippen molar-refractivity contribution < 1.29 is 23.4 Å². The molecule has 0 aliphatic heterocycles. The van der Waals surface area contributed by atoms with Gasteiger partial charge in [0.1, 0.15) is 0 Å². The summed E-state index contributed by atoms with van der Waals surface area (Å²) in [6.07, 6.45) is 0. The minimum absolute atomic E-state index is 0.710. The molecule has 5 nitrogen and oxygen atoms in total. The fourth-order valence-corrected chi connectivity index (χ4v) is 6.35. The summed E-state index contributed by atoms with van der Waals surface area (Å²) < 4.78 is 7.52. The van der Waals surface area contributed by atoms with Gasteiger partial charge in [-0.1, -0.05) is 18.2 Å². The minimum Gasteiger partial charge on any atom is -0.872 e. The van der Waals surface area contributed by atoms with Crippen LogP contribution in [0.3, 0.4) is 0 Å². The van der Waals surface area contributed by atoms with Crippen LogP contribution in [0.25, 0.3) is 0 Å². The summed E-state index contributed by atoms with van der Waals surface area (Å²) in [6.45, 7) is 36.4. The van der Waals surface area contributed by atoms with Gasteiger partial charge in [-0.25, -0.2) is 0 Å². The van der Waals surface area contributed by atoms with Gasteiger partial charge in [0.15, 0.2) is 8.32 Å². The summed E-state index contributed by atoms with van der Waals surface area (Å²) in [5.74, 6) is 0. The number of hydrogen-bond donors (Lipinski definition) is 0. The van der Waals surface area contributed by atoms with Gasteiger partial charge in [-0.2, -0.15) is 0 Å². The molecule has 0 heterocycles. The van der Waals surface area contributed by atoms with Crippen molar-refractivity contribution in [1.29, 1.82) is 0 Å². The first-order valence-electron chi connectivity index (χ1n) is 13.5. The van der Waals surface area contributed by atoms with Crippen molar-refractivity contribution in [1.82, 2.24) is 0 Å². The average Bonchev–Trinajstić information content (AvgIpc) is 2.81. The molecule has 34 heavy (non-hydrogen) atoms. The zero-order valence-corrected chi connectivity index (χ0v) is 25.8. The Morgan fingerprint density at radius 2 is 1.06 bits per heavy atom.